The minimum Gasteiger partial charge on any atom is -0.409 e. The lowest BCUT2D eigenvalue weighted by Gasteiger charge is -2.38. The molecule has 2 rings (SSSR count). The third-order valence-corrected chi connectivity index (χ3v) is 4.04. The molecule has 0 radical (unpaired) electrons. The Kier molecular flexibility index (Phi) is 4.79. The summed E-state index contributed by atoms with van der Waals surface area (Å²) in [6.45, 7) is 9.03. The Morgan fingerprint density at radius 2 is 2.17 bits per heavy atom. The van der Waals surface area contributed by atoms with Crippen LogP contribution in [-0.2, 0) is 4.74 Å². The Hall–Kier alpha value is -0.850. The van der Waals surface area contributed by atoms with Gasteiger partial charge in [-0.2, -0.15) is 0 Å². The molecule has 0 aromatic heterocycles. The number of hydrogen-bond acceptors (Lipinski definition) is 5. The van der Waals surface area contributed by atoms with Gasteiger partial charge in [0.15, 0.2) is 5.84 Å². The summed E-state index contributed by atoms with van der Waals surface area (Å²) in [7, 11) is 0. The van der Waals surface area contributed by atoms with Crippen LogP contribution < -0.4 is 5.73 Å². The highest BCUT2D eigenvalue weighted by atomic mass is 16.5. The number of nitrogens with zero attached hydrogens (tertiary/aromatic N) is 3. The maximum Gasteiger partial charge on any atom is 0.156 e. The second-order valence-electron chi connectivity index (χ2n) is 5.27. The summed E-state index contributed by atoms with van der Waals surface area (Å²) in [6.07, 6.45) is 1.20. The summed E-state index contributed by atoms with van der Waals surface area (Å²) in [5, 5.41) is 11.8. The SMILES string of the molecule is CC(C(N)=NO)N1CCN(CC2CCOC2)CC1. The van der Waals surface area contributed by atoms with E-state index in [0.717, 1.165) is 45.9 Å². The molecular formula is C12H24N4O2. The smallest absolute Gasteiger partial charge is 0.156 e. The van der Waals surface area contributed by atoms with Crippen LogP contribution in [-0.4, -0.2) is 72.8 Å². The molecule has 2 aliphatic heterocycles. The number of oxime groups is 1. The first kappa shape index (κ1) is 13.6. The molecule has 2 heterocycles. The number of piperazine rings is 1. The van der Waals surface area contributed by atoms with Crippen molar-refractivity contribution in [2.75, 3.05) is 45.9 Å². The molecule has 18 heavy (non-hydrogen) atoms. The first-order valence-electron chi connectivity index (χ1n) is 6.72. The molecule has 2 unspecified atom stereocenters. The Morgan fingerprint density at radius 1 is 1.44 bits per heavy atom. The van der Waals surface area contributed by atoms with Gasteiger partial charge in [0.05, 0.1) is 12.6 Å². The van der Waals surface area contributed by atoms with Crippen molar-refractivity contribution in [1.29, 1.82) is 0 Å². The van der Waals surface area contributed by atoms with E-state index in [0.29, 0.717) is 11.8 Å². The fraction of sp³-hybridized carbons (Fsp3) is 0.917. The normalized spacial score (nSPS) is 29.6. The van der Waals surface area contributed by atoms with Gasteiger partial charge in [0, 0.05) is 39.3 Å². The molecule has 104 valence electrons. The van der Waals surface area contributed by atoms with Gasteiger partial charge in [-0.25, -0.2) is 0 Å². The summed E-state index contributed by atoms with van der Waals surface area (Å²) < 4.78 is 5.41. The monoisotopic (exact) mass is 256 g/mol. The molecular weight excluding hydrogens is 232 g/mol. The molecule has 0 aliphatic carbocycles. The fourth-order valence-electron chi connectivity index (χ4n) is 2.70. The second kappa shape index (κ2) is 6.36. The zero-order valence-electron chi connectivity index (χ0n) is 11.1. The molecule has 2 fully saturated rings. The topological polar surface area (TPSA) is 74.3 Å². The van der Waals surface area contributed by atoms with E-state index in [1.54, 1.807) is 0 Å². The van der Waals surface area contributed by atoms with E-state index in [9.17, 15) is 0 Å². The molecule has 0 aromatic rings. The lowest BCUT2D eigenvalue weighted by atomic mass is 10.1. The van der Waals surface area contributed by atoms with E-state index in [1.807, 2.05) is 6.92 Å². The highest BCUT2D eigenvalue weighted by Crippen LogP contribution is 2.15. The van der Waals surface area contributed by atoms with E-state index >= 15 is 0 Å². The van der Waals surface area contributed by atoms with Crippen LogP contribution in [0.3, 0.4) is 0 Å². The average molecular weight is 256 g/mol. The van der Waals surface area contributed by atoms with Crippen LogP contribution >= 0.6 is 0 Å². The maximum atomic E-state index is 8.69. The van der Waals surface area contributed by atoms with E-state index in [1.165, 1.54) is 6.42 Å². The molecule has 2 atom stereocenters. The predicted molar refractivity (Wildman–Crippen MR) is 69.8 cm³/mol. The molecule has 2 saturated heterocycles. The van der Waals surface area contributed by atoms with Crippen LogP contribution in [0.5, 0.6) is 0 Å². The number of hydrogen-bond donors (Lipinski definition) is 2. The van der Waals surface area contributed by atoms with Crippen LogP contribution in [0.15, 0.2) is 5.16 Å². The van der Waals surface area contributed by atoms with Gasteiger partial charge in [-0.05, 0) is 19.3 Å². The highest BCUT2D eigenvalue weighted by molar-refractivity contribution is 5.84. The Morgan fingerprint density at radius 3 is 2.72 bits per heavy atom. The van der Waals surface area contributed by atoms with E-state index < -0.39 is 0 Å². The minimum atomic E-state index is 0.0203. The van der Waals surface area contributed by atoms with Crippen molar-refractivity contribution in [3.05, 3.63) is 0 Å². The number of ether oxygens (including phenoxy) is 1. The standard InChI is InChI=1S/C12H24N4O2/c1-10(12(13)14-17)16-5-3-15(4-6-16)8-11-2-7-18-9-11/h10-11,17H,2-9H2,1H3,(H2,13,14). The Balaban J connectivity index is 1.73. The molecule has 2 aliphatic rings. The van der Waals surface area contributed by atoms with Crippen molar-refractivity contribution < 1.29 is 9.94 Å². The first-order chi connectivity index (χ1) is 8.70. The van der Waals surface area contributed by atoms with Crippen molar-refractivity contribution in [2.24, 2.45) is 16.8 Å². The maximum absolute atomic E-state index is 8.69. The number of rotatable bonds is 4. The van der Waals surface area contributed by atoms with E-state index in [-0.39, 0.29) is 6.04 Å². The lowest BCUT2D eigenvalue weighted by Crippen LogP contribution is -2.53. The van der Waals surface area contributed by atoms with Gasteiger partial charge in [-0.15, -0.1) is 0 Å². The zero-order chi connectivity index (χ0) is 13.0. The van der Waals surface area contributed by atoms with E-state index in [4.69, 9.17) is 15.7 Å². The van der Waals surface area contributed by atoms with E-state index in [2.05, 4.69) is 15.0 Å². The van der Waals surface area contributed by atoms with Gasteiger partial charge in [-0.1, -0.05) is 5.16 Å². The summed E-state index contributed by atoms with van der Waals surface area (Å²) in [5.74, 6) is 1.01. The third-order valence-electron chi connectivity index (χ3n) is 4.04. The summed E-state index contributed by atoms with van der Waals surface area (Å²) in [4.78, 5) is 4.76. The molecule has 0 saturated carbocycles. The summed E-state index contributed by atoms with van der Waals surface area (Å²) in [6, 6.07) is 0.0203. The average Bonchev–Trinajstić information content (AvgIpc) is 2.91. The highest BCUT2D eigenvalue weighted by Gasteiger charge is 2.25. The molecule has 6 nitrogen and oxygen atoms in total. The second-order valence-corrected chi connectivity index (χ2v) is 5.27. The first-order valence-corrected chi connectivity index (χ1v) is 6.72. The fourth-order valence-corrected chi connectivity index (χ4v) is 2.70. The molecule has 3 N–H and O–H groups in total. The molecule has 0 spiro atoms. The van der Waals surface area contributed by atoms with Gasteiger partial charge in [-0.3, -0.25) is 4.90 Å². The Bertz CT molecular complexity index is 284. The van der Waals surface area contributed by atoms with Crippen molar-refractivity contribution in [1.82, 2.24) is 9.80 Å². The number of nitrogens with two attached hydrogens (primary N) is 1. The largest absolute Gasteiger partial charge is 0.409 e. The Labute approximate surface area is 108 Å². The lowest BCUT2D eigenvalue weighted by molar-refractivity contribution is 0.102. The zero-order valence-corrected chi connectivity index (χ0v) is 11.1. The minimum absolute atomic E-state index is 0.0203. The van der Waals surface area contributed by atoms with Gasteiger partial charge in [0.1, 0.15) is 0 Å². The van der Waals surface area contributed by atoms with Crippen molar-refractivity contribution in [3.8, 4) is 0 Å². The summed E-state index contributed by atoms with van der Waals surface area (Å²) >= 11 is 0. The quantitative estimate of drug-likeness (QED) is 0.315. The molecule has 0 aromatic carbocycles. The molecule has 0 bridgehead atoms. The molecule has 0 amide bonds. The van der Waals surface area contributed by atoms with Gasteiger partial charge >= 0.3 is 0 Å². The van der Waals surface area contributed by atoms with Crippen LogP contribution in [0.2, 0.25) is 0 Å². The van der Waals surface area contributed by atoms with Crippen molar-refractivity contribution in [3.63, 3.8) is 0 Å². The van der Waals surface area contributed by atoms with Crippen LogP contribution in [0, 0.1) is 5.92 Å². The van der Waals surface area contributed by atoms with Crippen LogP contribution in [0.1, 0.15) is 13.3 Å². The third kappa shape index (κ3) is 3.34. The predicted octanol–water partition coefficient (Wildman–Crippen LogP) is -0.225. The van der Waals surface area contributed by atoms with Crippen LogP contribution in [0.4, 0.5) is 0 Å². The summed E-state index contributed by atoms with van der Waals surface area (Å²) in [5.41, 5.74) is 5.64. The van der Waals surface area contributed by atoms with Crippen molar-refractivity contribution in [2.45, 2.75) is 19.4 Å². The van der Waals surface area contributed by atoms with Gasteiger partial charge in [0.25, 0.3) is 0 Å². The number of amidine groups is 1. The van der Waals surface area contributed by atoms with Gasteiger partial charge < -0.3 is 20.6 Å². The van der Waals surface area contributed by atoms with Gasteiger partial charge in [0.2, 0.25) is 0 Å². The van der Waals surface area contributed by atoms with Crippen LogP contribution in [0.25, 0.3) is 0 Å². The van der Waals surface area contributed by atoms with Crippen molar-refractivity contribution >= 4 is 5.84 Å². The molecule has 6 heteroatoms.